The zero-order valence-corrected chi connectivity index (χ0v) is 14.0. The second-order valence-corrected chi connectivity index (χ2v) is 6.58. The Kier molecular flexibility index (Phi) is 4.05. The Morgan fingerprint density at radius 3 is 2.48 bits per heavy atom. The van der Waals surface area contributed by atoms with E-state index in [1.807, 2.05) is 37.3 Å². The van der Waals surface area contributed by atoms with Gasteiger partial charge < -0.3 is 9.32 Å². The number of carbonyl (C=O) groups is 2. The molecular formula is C18H17NO3S. The van der Waals surface area contributed by atoms with Crippen molar-refractivity contribution < 1.29 is 14.0 Å². The molecule has 0 saturated heterocycles. The van der Waals surface area contributed by atoms with Gasteiger partial charge in [0.15, 0.2) is 5.78 Å². The second kappa shape index (κ2) is 6.01. The van der Waals surface area contributed by atoms with Crippen LogP contribution in [0.15, 0.2) is 46.9 Å². The molecule has 0 fully saturated rings. The summed E-state index contributed by atoms with van der Waals surface area (Å²) in [5, 5.41) is 1.02. The molecular weight excluding hydrogens is 310 g/mol. The van der Waals surface area contributed by atoms with Crippen LogP contribution in [0.2, 0.25) is 0 Å². The molecule has 2 heterocycles. The number of para-hydroxylation sites is 1. The van der Waals surface area contributed by atoms with Gasteiger partial charge in [0.05, 0.1) is 15.8 Å². The van der Waals surface area contributed by atoms with Crippen molar-refractivity contribution in [2.24, 2.45) is 0 Å². The summed E-state index contributed by atoms with van der Waals surface area (Å²) < 4.78 is 5.84. The third-order valence-corrected chi connectivity index (χ3v) is 5.10. The minimum Gasteiger partial charge on any atom is -0.459 e. The van der Waals surface area contributed by atoms with E-state index in [-0.39, 0.29) is 17.7 Å². The molecule has 4 nitrogen and oxygen atoms in total. The predicted octanol–water partition coefficient (Wildman–Crippen LogP) is 4.53. The smallest absolute Gasteiger partial charge is 0.264 e. The Hall–Kier alpha value is -2.40. The molecule has 0 aliphatic rings. The van der Waals surface area contributed by atoms with E-state index in [9.17, 15) is 9.59 Å². The number of amides is 1. The molecule has 2 aromatic heterocycles. The maximum absolute atomic E-state index is 12.6. The zero-order chi connectivity index (χ0) is 16.6. The number of thiophene rings is 1. The van der Waals surface area contributed by atoms with E-state index in [1.165, 1.54) is 18.3 Å². The predicted molar refractivity (Wildman–Crippen MR) is 91.0 cm³/mol. The van der Waals surface area contributed by atoms with E-state index in [0.29, 0.717) is 9.75 Å². The highest BCUT2D eigenvalue weighted by Gasteiger charge is 2.23. The van der Waals surface area contributed by atoms with Crippen LogP contribution >= 0.6 is 11.3 Å². The number of benzene rings is 1. The van der Waals surface area contributed by atoms with Gasteiger partial charge in [-0.05, 0) is 38.1 Å². The maximum Gasteiger partial charge on any atom is 0.264 e. The van der Waals surface area contributed by atoms with E-state index in [1.54, 1.807) is 24.1 Å². The van der Waals surface area contributed by atoms with E-state index in [4.69, 9.17) is 4.42 Å². The molecule has 118 valence electrons. The minimum atomic E-state index is -0.197. The third-order valence-electron chi connectivity index (χ3n) is 3.92. The largest absolute Gasteiger partial charge is 0.459 e. The first-order valence-corrected chi connectivity index (χ1v) is 8.15. The van der Waals surface area contributed by atoms with Gasteiger partial charge in [0.25, 0.3) is 5.91 Å². The van der Waals surface area contributed by atoms with Crippen LogP contribution < -0.4 is 0 Å². The molecule has 0 bridgehead atoms. The van der Waals surface area contributed by atoms with Crippen molar-refractivity contribution in [3.05, 3.63) is 58.0 Å². The molecule has 0 spiro atoms. The highest BCUT2D eigenvalue weighted by Crippen LogP contribution is 2.28. The standard InChI is InChI=1S/C18H17NO3S/c1-11(15-10-13-6-4-5-7-14(13)22-15)19(3)18(21)17-9-8-16(23-17)12(2)20/h4-11H,1-3H3. The fourth-order valence-electron chi connectivity index (χ4n) is 2.39. The Morgan fingerprint density at radius 2 is 1.83 bits per heavy atom. The molecule has 3 aromatic rings. The number of rotatable bonds is 4. The normalized spacial score (nSPS) is 12.3. The lowest BCUT2D eigenvalue weighted by molar-refractivity contribution is 0.0732. The van der Waals surface area contributed by atoms with Crippen LogP contribution in [0, 0.1) is 0 Å². The molecule has 0 aliphatic heterocycles. The Labute approximate surface area is 138 Å². The average molecular weight is 327 g/mol. The monoisotopic (exact) mass is 327 g/mol. The molecule has 23 heavy (non-hydrogen) atoms. The van der Waals surface area contributed by atoms with Crippen LogP contribution in [-0.2, 0) is 0 Å². The Bertz CT molecular complexity index is 844. The maximum atomic E-state index is 12.6. The molecule has 1 aromatic carbocycles. The average Bonchev–Trinajstić information content (AvgIpc) is 3.19. The van der Waals surface area contributed by atoms with Gasteiger partial charge in [-0.1, -0.05) is 18.2 Å². The van der Waals surface area contributed by atoms with Crippen LogP contribution in [0.3, 0.4) is 0 Å². The number of Topliss-reactive ketones (excluding diaryl/α,β-unsaturated/α-hetero) is 1. The molecule has 1 unspecified atom stereocenters. The molecule has 1 amide bonds. The van der Waals surface area contributed by atoms with Gasteiger partial charge in [0.1, 0.15) is 11.3 Å². The van der Waals surface area contributed by atoms with Gasteiger partial charge in [-0.2, -0.15) is 0 Å². The molecule has 0 radical (unpaired) electrons. The lowest BCUT2D eigenvalue weighted by Gasteiger charge is -2.22. The van der Waals surface area contributed by atoms with Crippen molar-refractivity contribution in [3.63, 3.8) is 0 Å². The van der Waals surface area contributed by atoms with Crippen molar-refractivity contribution in [1.82, 2.24) is 4.90 Å². The molecule has 0 aliphatic carbocycles. The second-order valence-electron chi connectivity index (χ2n) is 5.50. The first kappa shape index (κ1) is 15.5. The number of nitrogens with zero attached hydrogens (tertiary/aromatic N) is 1. The van der Waals surface area contributed by atoms with Crippen molar-refractivity contribution in [1.29, 1.82) is 0 Å². The first-order valence-electron chi connectivity index (χ1n) is 7.34. The SMILES string of the molecule is CC(=O)c1ccc(C(=O)N(C)C(C)c2cc3ccccc3o2)s1. The van der Waals surface area contributed by atoms with Gasteiger partial charge >= 0.3 is 0 Å². The summed E-state index contributed by atoms with van der Waals surface area (Å²) in [5.74, 6) is 0.600. The number of hydrogen-bond acceptors (Lipinski definition) is 4. The lowest BCUT2D eigenvalue weighted by Crippen LogP contribution is -2.28. The highest BCUT2D eigenvalue weighted by atomic mass is 32.1. The van der Waals surface area contributed by atoms with E-state index < -0.39 is 0 Å². The minimum absolute atomic E-state index is 0.0259. The molecule has 5 heteroatoms. The van der Waals surface area contributed by atoms with Crippen LogP contribution in [-0.4, -0.2) is 23.6 Å². The number of carbonyl (C=O) groups excluding carboxylic acids is 2. The number of hydrogen-bond donors (Lipinski definition) is 0. The lowest BCUT2D eigenvalue weighted by atomic mass is 10.2. The molecule has 1 atom stereocenters. The van der Waals surface area contributed by atoms with Crippen molar-refractivity contribution in [3.8, 4) is 0 Å². The van der Waals surface area contributed by atoms with E-state index >= 15 is 0 Å². The van der Waals surface area contributed by atoms with Crippen molar-refractivity contribution in [2.75, 3.05) is 7.05 Å². The van der Waals surface area contributed by atoms with Gasteiger partial charge in [0, 0.05) is 12.4 Å². The highest BCUT2D eigenvalue weighted by molar-refractivity contribution is 7.15. The summed E-state index contributed by atoms with van der Waals surface area (Å²) in [6.45, 7) is 3.43. The summed E-state index contributed by atoms with van der Waals surface area (Å²) in [6.07, 6.45) is 0. The van der Waals surface area contributed by atoms with E-state index in [2.05, 4.69) is 0 Å². The molecule has 0 saturated carbocycles. The van der Waals surface area contributed by atoms with Crippen molar-refractivity contribution >= 4 is 34.0 Å². The van der Waals surface area contributed by atoms with Gasteiger partial charge in [-0.3, -0.25) is 9.59 Å². The zero-order valence-electron chi connectivity index (χ0n) is 13.2. The number of fused-ring (bicyclic) bond motifs is 1. The van der Waals surface area contributed by atoms with Crippen LogP contribution in [0.25, 0.3) is 11.0 Å². The third kappa shape index (κ3) is 2.92. The number of ketones is 1. The summed E-state index contributed by atoms with van der Waals surface area (Å²) in [4.78, 5) is 26.8. The Morgan fingerprint density at radius 1 is 1.13 bits per heavy atom. The fourth-order valence-corrected chi connectivity index (χ4v) is 3.28. The number of furan rings is 1. The summed E-state index contributed by atoms with van der Waals surface area (Å²) in [7, 11) is 1.74. The van der Waals surface area contributed by atoms with E-state index in [0.717, 1.165) is 16.7 Å². The van der Waals surface area contributed by atoms with Crippen LogP contribution in [0.1, 0.15) is 45.0 Å². The molecule has 0 N–H and O–H groups in total. The topological polar surface area (TPSA) is 50.5 Å². The van der Waals surface area contributed by atoms with Gasteiger partial charge in [-0.25, -0.2) is 0 Å². The van der Waals surface area contributed by atoms with Gasteiger partial charge in [0.2, 0.25) is 0 Å². The quantitative estimate of drug-likeness (QED) is 0.662. The fraction of sp³-hybridized carbons (Fsp3) is 0.222. The van der Waals surface area contributed by atoms with Gasteiger partial charge in [-0.15, -0.1) is 11.3 Å². The van der Waals surface area contributed by atoms with Crippen molar-refractivity contribution in [2.45, 2.75) is 19.9 Å². The summed E-state index contributed by atoms with van der Waals surface area (Å²) in [5.41, 5.74) is 0.810. The van der Waals surface area contributed by atoms with Crippen LogP contribution in [0.4, 0.5) is 0 Å². The van der Waals surface area contributed by atoms with Crippen LogP contribution in [0.5, 0.6) is 0 Å². The Balaban J connectivity index is 1.84. The summed E-state index contributed by atoms with van der Waals surface area (Å²) >= 11 is 1.22. The first-order chi connectivity index (χ1) is 11.0. The molecule has 3 rings (SSSR count). The summed E-state index contributed by atoms with van der Waals surface area (Å²) in [6, 6.07) is 12.9.